The number of benzene rings is 1. The lowest BCUT2D eigenvalue weighted by atomic mass is 10.2. The molecule has 0 aliphatic carbocycles. The Balaban J connectivity index is 1.87. The molecule has 0 amide bonds. The summed E-state index contributed by atoms with van der Waals surface area (Å²) in [6, 6.07) is 10.7. The number of Topliss-reactive ketones (excluding diaryl/α,β-unsaturated/α-hetero) is 1. The molecule has 0 spiro atoms. The van der Waals surface area contributed by atoms with Crippen LogP contribution in [0.2, 0.25) is 0 Å². The number of pyridine rings is 1. The highest BCUT2D eigenvalue weighted by Gasteiger charge is 2.21. The van der Waals surface area contributed by atoms with Crippen molar-refractivity contribution in [3.05, 3.63) is 60.0 Å². The zero-order chi connectivity index (χ0) is 17.3. The lowest BCUT2D eigenvalue weighted by Crippen LogP contribution is -2.28. The summed E-state index contributed by atoms with van der Waals surface area (Å²) in [5.41, 5.74) is 1.11. The number of hydrogen-bond donors (Lipinski definition) is 1. The number of rotatable bonds is 5. The van der Waals surface area contributed by atoms with Gasteiger partial charge in [0, 0.05) is 11.8 Å². The van der Waals surface area contributed by atoms with Crippen molar-refractivity contribution in [2.24, 2.45) is 0 Å². The molecule has 3 rings (SSSR count). The van der Waals surface area contributed by atoms with Crippen LogP contribution < -0.4 is 4.72 Å². The van der Waals surface area contributed by atoms with Crippen molar-refractivity contribution in [2.45, 2.75) is 24.8 Å². The molecule has 0 aliphatic heterocycles. The first kappa shape index (κ1) is 16.3. The van der Waals surface area contributed by atoms with Crippen LogP contribution in [0.5, 0.6) is 0 Å². The molecule has 0 saturated carbocycles. The van der Waals surface area contributed by atoms with Crippen LogP contribution in [0.1, 0.15) is 36.1 Å². The van der Waals surface area contributed by atoms with E-state index in [2.05, 4.69) is 14.9 Å². The van der Waals surface area contributed by atoms with E-state index in [1.54, 1.807) is 23.6 Å². The highest BCUT2D eigenvalue weighted by Crippen LogP contribution is 2.17. The summed E-state index contributed by atoms with van der Waals surface area (Å²) in [6.45, 7) is 3.13. The quantitative estimate of drug-likeness (QED) is 0.714. The van der Waals surface area contributed by atoms with Gasteiger partial charge in [-0.15, -0.1) is 10.2 Å². The van der Waals surface area contributed by atoms with Gasteiger partial charge in [-0.25, -0.2) is 13.1 Å². The Labute approximate surface area is 139 Å². The van der Waals surface area contributed by atoms with Crippen molar-refractivity contribution in [2.75, 3.05) is 0 Å². The van der Waals surface area contributed by atoms with Gasteiger partial charge in [-0.05, 0) is 38.1 Å². The molecule has 0 bridgehead atoms. The maximum absolute atomic E-state index is 12.5. The Kier molecular flexibility index (Phi) is 4.16. The molecule has 2 aromatic heterocycles. The van der Waals surface area contributed by atoms with Crippen molar-refractivity contribution < 1.29 is 13.2 Å². The van der Waals surface area contributed by atoms with Crippen molar-refractivity contribution in [1.82, 2.24) is 19.3 Å². The summed E-state index contributed by atoms with van der Waals surface area (Å²) in [7, 11) is -3.74. The number of aromatic nitrogens is 3. The van der Waals surface area contributed by atoms with Crippen LogP contribution in [0.4, 0.5) is 0 Å². The van der Waals surface area contributed by atoms with Gasteiger partial charge < -0.3 is 0 Å². The van der Waals surface area contributed by atoms with E-state index in [9.17, 15) is 13.2 Å². The zero-order valence-electron chi connectivity index (χ0n) is 13.2. The smallest absolute Gasteiger partial charge is 0.241 e. The van der Waals surface area contributed by atoms with Gasteiger partial charge in [0.25, 0.3) is 0 Å². The lowest BCUT2D eigenvalue weighted by molar-refractivity contribution is 0.101. The van der Waals surface area contributed by atoms with Gasteiger partial charge in [0.2, 0.25) is 10.0 Å². The number of nitrogens with one attached hydrogen (secondary N) is 1. The van der Waals surface area contributed by atoms with Crippen LogP contribution >= 0.6 is 0 Å². The van der Waals surface area contributed by atoms with E-state index in [0.29, 0.717) is 17.0 Å². The van der Waals surface area contributed by atoms with Gasteiger partial charge in [-0.2, -0.15) is 0 Å². The zero-order valence-corrected chi connectivity index (χ0v) is 14.0. The molecule has 124 valence electrons. The predicted molar refractivity (Wildman–Crippen MR) is 88.2 cm³/mol. The van der Waals surface area contributed by atoms with Crippen molar-refractivity contribution >= 4 is 21.5 Å². The molecule has 0 saturated heterocycles. The number of carbonyl (C=O) groups excluding carboxylic acids is 1. The molecule has 7 nitrogen and oxygen atoms in total. The second-order valence-electron chi connectivity index (χ2n) is 5.41. The van der Waals surface area contributed by atoms with Gasteiger partial charge in [0.15, 0.2) is 17.3 Å². The number of nitrogens with zero attached hydrogens (tertiary/aromatic N) is 3. The highest BCUT2D eigenvalue weighted by molar-refractivity contribution is 7.89. The predicted octanol–water partition coefficient (Wildman–Crippen LogP) is 1.97. The fourth-order valence-electron chi connectivity index (χ4n) is 2.38. The van der Waals surface area contributed by atoms with Gasteiger partial charge >= 0.3 is 0 Å². The van der Waals surface area contributed by atoms with Crippen LogP contribution in [0.15, 0.2) is 53.6 Å². The number of fused-ring (bicyclic) bond motifs is 1. The number of sulfonamides is 1. The van der Waals surface area contributed by atoms with E-state index in [-0.39, 0.29) is 10.7 Å². The summed E-state index contributed by atoms with van der Waals surface area (Å²) in [5, 5.41) is 8.07. The SMILES string of the molecule is CC(=O)c1ccc(S(=O)(=O)NC(C)c2nnc3ccccn23)cc1. The number of ketones is 1. The molecule has 1 unspecified atom stereocenters. The molecule has 0 aliphatic rings. The van der Waals surface area contributed by atoms with Crippen molar-refractivity contribution in [1.29, 1.82) is 0 Å². The third kappa shape index (κ3) is 3.06. The Bertz CT molecular complexity index is 994. The first-order chi connectivity index (χ1) is 11.4. The monoisotopic (exact) mass is 344 g/mol. The summed E-state index contributed by atoms with van der Waals surface area (Å²) < 4.78 is 29.3. The van der Waals surface area contributed by atoms with E-state index in [1.807, 2.05) is 12.1 Å². The van der Waals surface area contributed by atoms with E-state index < -0.39 is 16.1 Å². The van der Waals surface area contributed by atoms with Crippen LogP contribution in [0, 0.1) is 0 Å². The van der Waals surface area contributed by atoms with E-state index >= 15 is 0 Å². The van der Waals surface area contributed by atoms with Crippen molar-refractivity contribution in [3.8, 4) is 0 Å². The van der Waals surface area contributed by atoms with Crippen molar-refractivity contribution in [3.63, 3.8) is 0 Å². The molecule has 8 heteroatoms. The minimum Gasteiger partial charge on any atom is -0.295 e. The van der Waals surface area contributed by atoms with Gasteiger partial charge in [-0.3, -0.25) is 9.20 Å². The second kappa shape index (κ2) is 6.14. The normalized spacial score (nSPS) is 13.1. The topological polar surface area (TPSA) is 93.4 Å². The molecule has 1 aromatic carbocycles. The maximum Gasteiger partial charge on any atom is 0.241 e. The Morgan fingerprint density at radius 1 is 1.12 bits per heavy atom. The van der Waals surface area contributed by atoms with Crippen LogP contribution in [0.3, 0.4) is 0 Å². The molecule has 0 radical (unpaired) electrons. The first-order valence-corrected chi connectivity index (χ1v) is 8.80. The molecular weight excluding hydrogens is 328 g/mol. The minimum atomic E-state index is -3.74. The van der Waals surface area contributed by atoms with E-state index in [0.717, 1.165) is 0 Å². The molecule has 2 heterocycles. The lowest BCUT2D eigenvalue weighted by Gasteiger charge is -2.13. The second-order valence-corrected chi connectivity index (χ2v) is 7.12. The fourth-order valence-corrected chi connectivity index (χ4v) is 3.58. The summed E-state index contributed by atoms with van der Waals surface area (Å²) in [4.78, 5) is 11.4. The van der Waals surface area contributed by atoms with Gasteiger partial charge in [-0.1, -0.05) is 18.2 Å². The molecular formula is C16H16N4O3S. The third-order valence-corrected chi connectivity index (χ3v) is 5.19. The summed E-state index contributed by atoms with van der Waals surface area (Å²) in [5.74, 6) is 0.379. The largest absolute Gasteiger partial charge is 0.295 e. The number of carbonyl (C=O) groups is 1. The van der Waals surface area contributed by atoms with Crippen LogP contribution in [0.25, 0.3) is 5.65 Å². The first-order valence-electron chi connectivity index (χ1n) is 7.31. The van der Waals surface area contributed by atoms with Gasteiger partial charge in [0.1, 0.15) is 0 Å². The van der Waals surface area contributed by atoms with Crippen LogP contribution in [-0.2, 0) is 10.0 Å². The average Bonchev–Trinajstić information content (AvgIpc) is 2.98. The summed E-state index contributed by atoms with van der Waals surface area (Å²) in [6.07, 6.45) is 1.77. The van der Waals surface area contributed by atoms with E-state index in [4.69, 9.17) is 0 Å². The number of hydrogen-bond acceptors (Lipinski definition) is 5. The minimum absolute atomic E-state index is 0.0909. The van der Waals surface area contributed by atoms with Crippen LogP contribution in [-0.4, -0.2) is 28.8 Å². The Morgan fingerprint density at radius 3 is 2.50 bits per heavy atom. The standard InChI is InChI=1S/C16H16N4O3S/c1-11(16-18-17-15-5-3-4-10-20(15)16)19-24(22,23)14-8-6-13(7-9-14)12(2)21/h3-11,19H,1-2H3. The molecule has 1 atom stereocenters. The third-order valence-electron chi connectivity index (χ3n) is 3.63. The average molecular weight is 344 g/mol. The molecule has 24 heavy (non-hydrogen) atoms. The summed E-state index contributed by atoms with van der Waals surface area (Å²) >= 11 is 0. The van der Waals surface area contributed by atoms with E-state index in [1.165, 1.54) is 31.2 Å². The highest BCUT2D eigenvalue weighted by atomic mass is 32.2. The molecule has 1 N–H and O–H groups in total. The molecule has 0 fully saturated rings. The fraction of sp³-hybridized carbons (Fsp3) is 0.188. The molecule has 3 aromatic rings. The Hall–Kier alpha value is -2.58. The van der Waals surface area contributed by atoms with Gasteiger partial charge in [0.05, 0.1) is 10.9 Å². The maximum atomic E-state index is 12.5. The Morgan fingerprint density at radius 2 is 1.83 bits per heavy atom.